The van der Waals surface area contributed by atoms with E-state index in [1.54, 1.807) is 42.5 Å². The third-order valence-corrected chi connectivity index (χ3v) is 3.51. The summed E-state index contributed by atoms with van der Waals surface area (Å²) in [5.41, 5.74) is 11.5. The number of nitrogens with zero attached hydrogens (tertiary/aromatic N) is 1. The third-order valence-electron chi connectivity index (χ3n) is 3.51. The highest BCUT2D eigenvalue weighted by Gasteiger charge is 2.31. The smallest absolute Gasteiger partial charge is 0.343 e. The number of ether oxygens (including phenoxy) is 2. The first-order valence-corrected chi connectivity index (χ1v) is 7.75. The van der Waals surface area contributed by atoms with Gasteiger partial charge in [-0.1, -0.05) is 6.07 Å². The molecule has 0 spiro atoms. The van der Waals surface area contributed by atoms with Crippen LogP contribution < -0.4 is 20.9 Å². The number of carbonyl (C=O) groups excluding carboxylic acids is 2. The van der Waals surface area contributed by atoms with Crippen molar-refractivity contribution in [3.8, 4) is 11.5 Å². The molecule has 25 heavy (non-hydrogen) atoms. The molecule has 0 amide bonds. The first-order chi connectivity index (χ1) is 12.0. The van der Waals surface area contributed by atoms with Gasteiger partial charge in [-0.05, 0) is 49.2 Å². The molecule has 7 nitrogen and oxygen atoms in total. The summed E-state index contributed by atoms with van der Waals surface area (Å²) >= 11 is 0. The van der Waals surface area contributed by atoms with Crippen LogP contribution in [0.15, 0.2) is 53.5 Å². The summed E-state index contributed by atoms with van der Waals surface area (Å²) < 4.78 is 10.6. The summed E-state index contributed by atoms with van der Waals surface area (Å²) in [5.74, 6) is -0.215. The molecule has 4 N–H and O–H groups in total. The standard InChI is InChI=1S/C18H17N3O4/c19-18(20)21-13-8-6-12(7-9-13)17(23)25-15-3-1-2-14(10-15)24-16(22)11-4-5-11/h1-3,6-11H,4-5H2,(H4,19,20,21). The molecule has 0 bridgehead atoms. The molecule has 1 fully saturated rings. The molecule has 0 unspecified atom stereocenters. The van der Waals surface area contributed by atoms with Gasteiger partial charge in [0.2, 0.25) is 0 Å². The molecule has 0 aliphatic heterocycles. The van der Waals surface area contributed by atoms with Crippen LogP contribution in [0.4, 0.5) is 5.69 Å². The molecule has 7 heteroatoms. The number of nitrogens with two attached hydrogens (primary N) is 2. The van der Waals surface area contributed by atoms with Gasteiger partial charge in [0.1, 0.15) is 11.5 Å². The zero-order chi connectivity index (χ0) is 17.8. The number of benzene rings is 2. The number of aliphatic imine (C=N–C) groups is 1. The Hall–Kier alpha value is -3.35. The van der Waals surface area contributed by atoms with E-state index < -0.39 is 5.97 Å². The lowest BCUT2D eigenvalue weighted by Gasteiger charge is -2.07. The van der Waals surface area contributed by atoms with E-state index in [1.165, 1.54) is 6.07 Å². The van der Waals surface area contributed by atoms with Crippen molar-refractivity contribution >= 4 is 23.6 Å². The van der Waals surface area contributed by atoms with Gasteiger partial charge in [0, 0.05) is 6.07 Å². The number of carbonyl (C=O) groups is 2. The Balaban J connectivity index is 1.66. The van der Waals surface area contributed by atoms with Gasteiger partial charge in [-0.2, -0.15) is 0 Å². The summed E-state index contributed by atoms with van der Waals surface area (Å²) in [7, 11) is 0. The summed E-state index contributed by atoms with van der Waals surface area (Å²) in [6.45, 7) is 0. The monoisotopic (exact) mass is 339 g/mol. The first-order valence-electron chi connectivity index (χ1n) is 7.75. The van der Waals surface area contributed by atoms with Crippen LogP contribution in [0.1, 0.15) is 23.2 Å². The summed E-state index contributed by atoms with van der Waals surface area (Å²) in [6.07, 6.45) is 1.73. The fourth-order valence-electron chi connectivity index (χ4n) is 2.11. The zero-order valence-electron chi connectivity index (χ0n) is 13.3. The number of hydrogen-bond acceptors (Lipinski definition) is 5. The molecule has 0 heterocycles. The fraction of sp³-hybridized carbons (Fsp3) is 0.167. The average molecular weight is 339 g/mol. The maximum absolute atomic E-state index is 12.2. The van der Waals surface area contributed by atoms with E-state index in [9.17, 15) is 9.59 Å². The predicted octanol–water partition coefficient (Wildman–Crippen LogP) is 2.13. The minimum atomic E-state index is -0.540. The Kier molecular flexibility index (Phi) is 4.65. The summed E-state index contributed by atoms with van der Waals surface area (Å²) in [6, 6.07) is 12.7. The Labute approximate surface area is 144 Å². The maximum Gasteiger partial charge on any atom is 0.343 e. The zero-order valence-corrected chi connectivity index (χ0v) is 13.3. The number of rotatable bonds is 5. The molecule has 128 valence electrons. The lowest BCUT2D eigenvalue weighted by molar-refractivity contribution is -0.135. The maximum atomic E-state index is 12.2. The molecule has 2 aromatic carbocycles. The van der Waals surface area contributed by atoms with Crippen LogP contribution in [0.5, 0.6) is 11.5 Å². The van der Waals surface area contributed by atoms with Crippen molar-refractivity contribution in [3.05, 3.63) is 54.1 Å². The average Bonchev–Trinajstić information content (AvgIpc) is 3.40. The van der Waals surface area contributed by atoms with Gasteiger partial charge in [-0.3, -0.25) is 4.79 Å². The quantitative estimate of drug-likeness (QED) is 0.373. The molecule has 0 atom stereocenters. The Morgan fingerprint density at radius 3 is 2.20 bits per heavy atom. The van der Waals surface area contributed by atoms with Crippen molar-refractivity contribution in [1.29, 1.82) is 0 Å². The van der Waals surface area contributed by atoms with Crippen LogP contribution in [0, 0.1) is 5.92 Å². The van der Waals surface area contributed by atoms with Gasteiger partial charge in [-0.25, -0.2) is 9.79 Å². The van der Waals surface area contributed by atoms with E-state index in [1.807, 2.05) is 0 Å². The molecule has 2 aromatic rings. The molecule has 1 saturated carbocycles. The molecule has 1 aliphatic rings. The third kappa shape index (κ3) is 4.57. The van der Waals surface area contributed by atoms with Gasteiger partial charge in [0.25, 0.3) is 0 Å². The second-order valence-electron chi connectivity index (χ2n) is 5.64. The number of esters is 2. The normalized spacial score (nSPS) is 13.0. The molecule has 0 radical (unpaired) electrons. The molecule has 0 saturated heterocycles. The predicted molar refractivity (Wildman–Crippen MR) is 91.7 cm³/mol. The summed E-state index contributed by atoms with van der Waals surface area (Å²) in [4.78, 5) is 27.7. The Morgan fingerprint density at radius 1 is 0.960 bits per heavy atom. The molecule has 1 aliphatic carbocycles. The second-order valence-corrected chi connectivity index (χ2v) is 5.64. The van der Waals surface area contributed by atoms with E-state index in [4.69, 9.17) is 20.9 Å². The van der Waals surface area contributed by atoms with E-state index in [-0.39, 0.29) is 17.8 Å². The van der Waals surface area contributed by atoms with Crippen LogP contribution in [-0.2, 0) is 4.79 Å². The van der Waals surface area contributed by atoms with Crippen LogP contribution >= 0.6 is 0 Å². The van der Waals surface area contributed by atoms with Gasteiger partial charge in [0.15, 0.2) is 5.96 Å². The van der Waals surface area contributed by atoms with Crippen molar-refractivity contribution in [2.75, 3.05) is 0 Å². The minimum absolute atomic E-state index is 0.00469. The van der Waals surface area contributed by atoms with Gasteiger partial charge in [-0.15, -0.1) is 0 Å². The van der Waals surface area contributed by atoms with Gasteiger partial charge < -0.3 is 20.9 Å². The first kappa shape index (κ1) is 16.5. The van der Waals surface area contributed by atoms with Crippen molar-refractivity contribution in [2.24, 2.45) is 22.4 Å². The van der Waals surface area contributed by atoms with Crippen LogP contribution in [0.3, 0.4) is 0 Å². The Bertz CT molecular complexity index is 822. The van der Waals surface area contributed by atoms with Crippen molar-refractivity contribution < 1.29 is 19.1 Å². The largest absolute Gasteiger partial charge is 0.426 e. The van der Waals surface area contributed by atoms with Crippen molar-refractivity contribution in [2.45, 2.75) is 12.8 Å². The lowest BCUT2D eigenvalue weighted by atomic mass is 10.2. The number of hydrogen-bond donors (Lipinski definition) is 2. The topological polar surface area (TPSA) is 117 Å². The summed E-state index contributed by atoms with van der Waals surface area (Å²) in [5, 5.41) is 0. The van der Waals surface area contributed by atoms with E-state index >= 15 is 0 Å². The van der Waals surface area contributed by atoms with Crippen LogP contribution in [0.25, 0.3) is 0 Å². The minimum Gasteiger partial charge on any atom is -0.426 e. The highest BCUT2D eigenvalue weighted by atomic mass is 16.5. The van der Waals surface area contributed by atoms with E-state index in [0.717, 1.165) is 12.8 Å². The van der Waals surface area contributed by atoms with Crippen LogP contribution in [-0.4, -0.2) is 17.9 Å². The van der Waals surface area contributed by atoms with Crippen molar-refractivity contribution in [3.63, 3.8) is 0 Å². The van der Waals surface area contributed by atoms with Crippen molar-refractivity contribution in [1.82, 2.24) is 0 Å². The lowest BCUT2D eigenvalue weighted by Crippen LogP contribution is -2.21. The fourth-order valence-corrected chi connectivity index (χ4v) is 2.11. The molecule has 0 aromatic heterocycles. The number of guanidine groups is 1. The Morgan fingerprint density at radius 2 is 1.60 bits per heavy atom. The molecule has 3 rings (SSSR count). The highest BCUT2D eigenvalue weighted by molar-refractivity contribution is 5.91. The SMILES string of the molecule is NC(N)=Nc1ccc(C(=O)Oc2cccc(OC(=O)C3CC3)c2)cc1. The van der Waals surface area contributed by atoms with Crippen LogP contribution in [0.2, 0.25) is 0 Å². The van der Waals surface area contributed by atoms with Gasteiger partial charge in [0.05, 0.1) is 17.2 Å². The van der Waals surface area contributed by atoms with E-state index in [0.29, 0.717) is 22.7 Å². The molecular formula is C18H17N3O4. The van der Waals surface area contributed by atoms with Gasteiger partial charge >= 0.3 is 11.9 Å². The van der Waals surface area contributed by atoms with E-state index in [2.05, 4.69) is 4.99 Å². The highest BCUT2D eigenvalue weighted by Crippen LogP contribution is 2.31. The molecular weight excluding hydrogens is 322 g/mol. The second kappa shape index (κ2) is 7.04.